The number of rotatable bonds is 3. The topological polar surface area (TPSA) is 68.3 Å². The maximum Gasteiger partial charge on any atom is 0.499 e. The van der Waals surface area contributed by atoms with Gasteiger partial charge in [0, 0.05) is 0 Å². The molecule has 1 rings (SSSR count). The lowest BCUT2D eigenvalue weighted by molar-refractivity contribution is -0.137. The highest BCUT2D eigenvalue weighted by molar-refractivity contribution is 8.09. The summed E-state index contributed by atoms with van der Waals surface area (Å²) in [4.78, 5) is 0. The van der Waals surface area contributed by atoms with E-state index in [0.717, 1.165) is 0 Å². The van der Waals surface area contributed by atoms with Crippen molar-refractivity contribution in [2.45, 2.75) is 29.2 Å². The molecule has 0 spiro atoms. The first-order chi connectivity index (χ1) is 10.8. The van der Waals surface area contributed by atoms with Gasteiger partial charge in [0.25, 0.3) is 19.7 Å². The van der Waals surface area contributed by atoms with E-state index in [1.54, 1.807) is 0 Å². The van der Waals surface area contributed by atoms with Gasteiger partial charge in [-0.15, -0.1) is 0 Å². The van der Waals surface area contributed by atoms with Gasteiger partial charge in [-0.2, -0.15) is 39.5 Å². The largest absolute Gasteiger partial charge is 0.499 e. The number of hydrogen-bond acceptors (Lipinski definition) is 4. The first-order valence-corrected chi connectivity index (χ1v) is 8.70. The lowest BCUT2D eigenvalue weighted by atomic mass is 10.1. The molecule has 0 radical (unpaired) electrons. The zero-order valence-corrected chi connectivity index (χ0v) is 12.9. The van der Waals surface area contributed by atoms with Gasteiger partial charge in [0.05, 0.1) is 5.56 Å². The van der Waals surface area contributed by atoms with Crippen LogP contribution >= 0.6 is 0 Å². The third kappa shape index (κ3) is 4.42. The SMILES string of the molecule is C.O=S(=O)(C(c1ccc(C(F)(F)F)cc1)S(=O)(=O)C(F)(F)F)C(F)(F)F. The molecule has 1 aromatic carbocycles. The van der Waals surface area contributed by atoms with E-state index in [1.165, 1.54) is 0 Å². The number of benzene rings is 1. The number of alkyl halides is 9. The third-order valence-electron chi connectivity index (χ3n) is 2.72. The summed E-state index contributed by atoms with van der Waals surface area (Å²) in [5.74, 6) is 0. The van der Waals surface area contributed by atoms with Crippen LogP contribution in [-0.4, -0.2) is 27.9 Å². The van der Waals surface area contributed by atoms with E-state index in [-0.39, 0.29) is 31.7 Å². The number of halogens is 9. The summed E-state index contributed by atoms with van der Waals surface area (Å²) in [7, 11) is -13.9. The van der Waals surface area contributed by atoms with Crippen LogP contribution in [0.25, 0.3) is 0 Å². The maximum absolute atomic E-state index is 12.6. The van der Waals surface area contributed by atoms with Crippen molar-refractivity contribution >= 4 is 19.7 Å². The van der Waals surface area contributed by atoms with Gasteiger partial charge in [0.1, 0.15) is 0 Å². The molecule has 0 aliphatic rings. The third-order valence-corrected chi connectivity index (χ3v) is 7.20. The summed E-state index contributed by atoms with van der Waals surface area (Å²) in [6.45, 7) is 0. The second-order valence-electron chi connectivity index (χ2n) is 4.43. The Balaban J connectivity index is 0.00000625. The van der Waals surface area contributed by atoms with Crippen molar-refractivity contribution in [3.8, 4) is 0 Å². The molecule has 4 nitrogen and oxygen atoms in total. The fourth-order valence-electron chi connectivity index (χ4n) is 1.60. The Morgan fingerprint density at radius 3 is 1.19 bits per heavy atom. The average Bonchev–Trinajstić information content (AvgIpc) is 2.34. The molecule has 26 heavy (non-hydrogen) atoms. The molecule has 0 saturated heterocycles. The van der Waals surface area contributed by atoms with Crippen molar-refractivity contribution in [2.24, 2.45) is 0 Å². The minimum absolute atomic E-state index is 0. The van der Waals surface area contributed by atoms with Crippen LogP contribution in [0.15, 0.2) is 24.3 Å². The smallest absolute Gasteiger partial charge is 0.218 e. The summed E-state index contributed by atoms with van der Waals surface area (Å²) in [5, 5.41) is 0. The predicted molar refractivity (Wildman–Crippen MR) is 70.9 cm³/mol. The van der Waals surface area contributed by atoms with Gasteiger partial charge in [-0.05, 0) is 17.7 Å². The standard InChI is InChI=1S/C10H5F9O4S2.CH4/c11-8(12,13)6-3-1-5(2-4-6)7(24(20,21)9(14,15)16)25(22,23)10(17,18)19;/h1-4,7H;1H4. The highest BCUT2D eigenvalue weighted by atomic mass is 32.3. The van der Waals surface area contributed by atoms with Gasteiger partial charge in [0.15, 0.2) is 0 Å². The van der Waals surface area contributed by atoms with Gasteiger partial charge < -0.3 is 0 Å². The van der Waals surface area contributed by atoms with E-state index in [4.69, 9.17) is 0 Å². The summed E-state index contributed by atoms with van der Waals surface area (Å²) < 4.78 is 153. The Morgan fingerprint density at radius 2 is 0.962 bits per heavy atom. The maximum atomic E-state index is 12.6. The first kappa shape index (κ1) is 24.5. The summed E-state index contributed by atoms with van der Waals surface area (Å²) in [6, 6.07) is -0.250. The Kier molecular flexibility index (Phi) is 6.50. The lowest BCUT2D eigenvalue weighted by Crippen LogP contribution is -2.39. The fraction of sp³-hybridized carbons (Fsp3) is 0.455. The molecule has 1 aromatic rings. The molecule has 0 aliphatic carbocycles. The highest BCUT2D eigenvalue weighted by Gasteiger charge is 2.63. The molecule has 0 aliphatic heterocycles. The van der Waals surface area contributed by atoms with E-state index in [0.29, 0.717) is 0 Å². The van der Waals surface area contributed by atoms with Gasteiger partial charge in [-0.3, -0.25) is 0 Å². The molecule has 0 bridgehead atoms. The second kappa shape index (κ2) is 6.90. The van der Waals surface area contributed by atoms with E-state index < -0.39 is 52.6 Å². The minimum atomic E-state index is -6.97. The molecule has 15 heteroatoms. The highest BCUT2D eigenvalue weighted by Crippen LogP contribution is 2.45. The summed E-state index contributed by atoms with van der Waals surface area (Å²) in [6.07, 6.45) is -5.04. The van der Waals surface area contributed by atoms with E-state index >= 15 is 0 Å². The van der Waals surface area contributed by atoms with Crippen LogP contribution in [0.2, 0.25) is 0 Å². The second-order valence-corrected chi connectivity index (χ2v) is 8.78. The Bertz CT molecular complexity index is 788. The number of hydrogen-bond donors (Lipinski definition) is 0. The van der Waals surface area contributed by atoms with Crippen molar-refractivity contribution in [1.82, 2.24) is 0 Å². The van der Waals surface area contributed by atoms with Crippen molar-refractivity contribution in [2.75, 3.05) is 0 Å². The molecule has 0 N–H and O–H groups in total. The average molecular weight is 440 g/mol. The van der Waals surface area contributed by atoms with Crippen molar-refractivity contribution in [1.29, 1.82) is 0 Å². The molecule has 152 valence electrons. The van der Waals surface area contributed by atoms with Crippen LogP contribution in [0.1, 0.15) is 23.1 Å². The zero-order chi connectivity index (χ0) is 20.1. The Hall–Kier alpha value is -1.51. The minimum Gasteiger partial charge on any atom is -0.218 e. The van der Waals surface area contributed by atoms with Crippen LogP contribution in [0.5, 0.6) is 0 Å². The van der Waals surface area contributed by atoms with E-state index in [1.807, 2.05) is 0 Å². The van der Waals surface area contributed by atoms with Crippen molar-refractivity contribution in [3.05, 3.63) is 35.4 Å². The van der Waals surface area contributed by atoms with Gasteiger partial charge >= 0.3 is 17.2 Å². The molecule has 0 atom stereocenters. The van der Waals surface area contributed by atoms with Gasteiger partial charge in [-0.25, -0.2) is 16.8 Å². The molecule has 0 saturated carbocycles. The zero-order valence-electron chi connectivity index (χ0n) is 11.2. The fourth-order valence-corrected chi connectivity index (χ4v) is 5.10. The quantitative estimate of drug-likeness (QED) is 0.661. The summed E-state index contributed by atoms with van der Waals surface area (Å²) in [5.41, 5.74) is -16.0. The van der Waals surface area contributed by atoms with Gasteiger partial charge in [0.2, 0.25) is 4.58 Å². The molecule has 0 unspecified atom stereocenters. The van der Waals surface area contributed by atoms with Crippen molar-refractivity contribution < 1.29 is 56.3 Å². The van der Waals surface area contributed by atoms with Gasteiger partial charge in [-0.1, -0.05) is 19.6 Å². The van der Waals surface area contributed by atoms with Crippen LogP contribution in [0.4, 0.5) is 39.5 Å². The molecule has 0 aromatic heterocycles. The normalized spacial score (nSPS) is 14.2. The van der Waals surface area contributed by atoms with Crippen LogP contribution < -0.4 is 0 Å². The monoisotopic (exact) mass is 440 g/mol. The number of sulfone groups is 2. The first-order valence-electron chi connectivity index (χ1n) is 5.61. The van der Waals surface area contributed by atoms with Crippen LogP contribution in [0, 0.1) is 0 Å². The Labute approximate surface area is 141 Å². The molecule has 0 heterocycles. The van der Waals surface area contributed by atoms with E-state index in [9.17, 15) is 56.3 Å². The predicted octanol–water partition coefficient (Wildman–Crippen LogP) is 4.21. The van der Waals surface area contributed by atoms with Crippen LogP contribution in [0.3, 0.4) is 0 Å². The molecule has 0 amide bonds. The van der Waals surface area contributed by atoms with Crippen LogP contribution in [-0.2, 0) is 25.9 Å². The van der Waals surface area contributed by atoms with Crippen molar-refractivity contribution in [3.63, 3.8) is 0 Å². The molecule has 0 fully saturated rings. The molecular formula is C11H9F9O4S2. The lowest BCUT2D eigenvalue weighted by Gasteiger charge is -2.21. The summed E-state index contributed by atoms with van der Waals surface area (Å²) >= 11 is 0. The van der Waals surface area contributed by atoms with E-state index in [2.05, 4.69) is 0 Å². The molecular weight excluding hydrogens is 431 g/mol. The Morgan fingerprint density at radius 1 is 0.654 bits per heavy atom.